The minimum absolute atomic E-state index is 0.0720. The quantitative estimate of drug-likeness (QED) is 0.838. The van der Waals surface area contributed by atoms with Gasteiger partial charge in [-0.1, -0.05) is 30.3 Å². The lowest BCUT2D eigenvalue weighted by molar-refractivity contribution is -0.115. The molecule has 0 radical (unpaired) electrons. The zero-order chi connectivity index (χ0) is 14.5. The van der Waals surface area contributed by atoms with Gasteiger partial charge in [-0.3, -0.25) is 4.79 Å². The molecule has 4 nitrogen and oxygen atoms in total. The van der Waals surface area contributed by atoms with E-state index in [1.807, 2.05) is 61.5 Å². The van der Waals surface area contributed by atoms with Crippen LogP contribution in [0.15, 0.2) is 48.5 Å². The van der Waals surface area contributed by atoms with Crippen molar-refractivity contribution in [2.45, 2.75) is 6.42 Å². The summed E-state index contributed by atoms with van der Waals surface area (Å²) in [5.74, 6) is -0.0720. The molecular formula is C16H19N3O. The highest BCUT2D eigenvalue weighted by Gasteiger charge is 2.09. The summed E-state index contributed by atoms with van der Waals surface area (Å²) in [4.78, 5) is 14.1. The van der Waals surface area contributed by atoms with Crippen LogP contribution >= 0.6 is 0 Å². The number of hydrogen-bond acceptors (Lipinski definition) is 3. The lowest BCUT2D eigenvalue weighted by Crippen LogP contribution is -2.18. The third kappa shape index (κ3) is 3.29. The fourth-order valence-corrected chi connectivity index (χ4v) is 2.03. The van der Waals surface area contributed by atoms with Crippen LogP contribution in [0.2, 0.25) is 0 Å². The maximum atomic E-state index is 12.1. The van der Waals surface area contributed by atoms with Crippen molar-refractivity contribution >= 4 is 23.0 Å². The smallest absolute Gasteiger partial charge is 0.228 e. The standard InChI is InChI=1S/C16H19N3O/c1-19(2)15-10-6-5-9-14(15)18-16(20)11-12-7-3-4-8-13(12)17/h3-10H,11,17H2,1-2H3,(H,18,20). The highest BCUT2D eigenvalue weighted by Crippen LogP contribution is 2.23. The molecule has 4 heteroatoms. The zero-order valence-electron chi connectivity index (χ0n) is 11.8. The van der Waals surface area contributed by atoms with Gasteiger partial charge in [0, 0.05) is 19.8 Å². The topological polar surface area (TPSA) is 58.4 Å². The Labute approximate surface area is 119 Å². The van der Waals surface area contributed by atoms with E-state index in [0.717, 1.165) is 16.9 Å². The molecule has 0 bridgehead atoms. The number of hydrogen-bond donors (Lipinski definition) is 2. The molecule has 104 valence electrons. The number of nitrogen functional groups attached to an aromatic ring is 1. The lowest BCUT2D eigenvalue weighted by Gasteiger charge is -2.17. The first kappa shape index (κ1) is 13.9. The normalized spacial score (nSPS) is 10.1. The van der Waals surface area contributed by atoms with Crippen molar-refractivity contribution in [2.75, 3.05) is 30.0 Å². The van der Waals surface area contributed by atoms with Gasteiger partial charge in [0.2, 0.25) is 5.91 Å². The maximum Gasteiger partial charge on any atom is 0.228 e. The SMILES string of the molecule is CN(C)c1ccccc1NC(=O)Cc1ccccc1N. The Hall–Kier alpha value is -2.49. The summed E-state index contributed by atoms with van der Waals surface area (Å²) in [6.07, 6.45) is 0.272. The van der Waals surface area contributed by atoms with E-state index < -0.39 is 0 Å². The van der Waals surface area contributed by atoms with Crippen molar-refractivity contribution in [3.05, 3.63) is 54.1 Å². The minimum atomic E-state index is -0.0720. The summed E-state index contributed by atoms with van der Waals surface area (Å²) in [5.41, 5.74) is 9.11. The number of carbonyl (C=O) groups is 1. The summed E-state index contributed by atoms with van der Waals surface area (Å²) in [6.45, 7) is 0. The number of nitrogens with one attached hydrogen (secondary N) is 1. The predicted molar refractivity (Wildman–Crippen MR) is 84.0 cm³/mol. The number of carbonyl (C=O) groups excluding carboxylic acids is 1. The Bertz CT molecular complexity index is 608. The molecule has 0 unspecified atom stereocenters. The van der Waals surface area contributed by atoms with Crippen LogP contribution in [0.3, 0.4) is 0 Å². The van der Waals surface area contributed by atoms with Crippen LogP contribution in [0, 0.1) is 0 Å². The molecule has 2 aromatic carbocycles. The van der Waals surface area contributed by atoms with Crippen molar-refractivity contribution in [1.82, 2.24) is 0 Å². The van der Waals surface area contributed by atoms with Gasteiger partial charge in [-0.25, -0.2) is 0 Å². The fraction of sp³-hybridized carbons (Fsp3) is 0.188. The number of para-hydroxylation sites is 3. The van der Waals surface area contributed by atoms with Crippen LogP contribution in [0.1, 0.15) is 5.56 Å². The zero-order valence-corrected chi connectivity index (χ0v) is 11.8. The van der Waals surface area contributed by atoms with Crippen molar-refractivity contribution in [3.63, 3.8) is 0 Å². The average Bonchev–Trinajstić information content (AvgIpc) is 2.41. The number of amides is 1. The van der Waals surface area contributed by atoms with Crippen LogP contribution in [0.4, 0.5) is 17.1 Å². The van der Waals surface area contributed by atoms with Gasteiger partial charge < -0.3 is 16.0 Å². The van der Waals surface area contributed by atoms with Crippen LogP contribution in [-0.4, -0.2) is 20.0 Å². The second kappa shape index (κ2) is 6.10. The van der Waals surface area contributed by atoms with Gasteiger partial charge in [0.15, 0.2) is 0 Å². The Kier molecular flexibility index (Phi) is 4.25. The Balaban J connectivity index is 2.11. The van der Waals surface area contributed by atoms with Crippen molar-refractivity contribution in [1.29, 1.82) is 0 Å². The van der Waals surface area contributed by atoms with Crippen LogP contribution in [0.5, 0.6) is 0 Å². The van der Waals surface area contributed by atoms with Gasteiger partial charge in [0.05, 0.1) is 17.8 Å². The van der Waals surface area contributed by atoms with E-state index in [1.54, 1.807) is 6.07 Å². The van der Waals surface area contributed by atoms with E-state index in [0.29, 0.717) is 5.69 Å². The molecule has 3 N–H and O–H groups in total. The van der Waals surface area contributed by atoms with E-state index in [1.165, 1.54) is 0 Å². The monoisotopic (exact) mass is 269 g/mol. The summed E-state index contributed by atoms with van der Waals surface area (Å²) in [5, 5.41) is 2.93. The third-order valence-electron chi connectivity index (χ3n) is 3.07. The molecule has 20 heavy (non-hydrogen) atoms. The van der Waals surface area contributed by atoms with Gasteiger partial charge >= 0.3 is 0 Å². The van der Waals surface area contributed by atoms with Gasteiger partial charge in [-0.15, -0.1) is 0 Å². The molecule has 0 spiro atoms. The molecule has 0 heterocycles. The second-order valence-electron chi connectivity index (χ2n) is 4.84. The molecule has 0 aliphatic rings. The minimum Gasteiger partial charge on any atom is -0.398 e. The molecule has 0 atom stereocenters. The van der Waals surface area contributed by atoms with Gasteiger partial charge in [0.1, 0.15) is 0 Å². The van der Waals surface area contributed by atoms with Crippen LogP contribution in [-0.2, 0) is 11.2 Å². The van der Waals surface area contributed by atoms with E-state index in [4.69, 9.17) is 5.73 Å². The molecule has 2 aromatic rings. The molecule has 1 amide bonds. The molecule has 0 aromatic heterocycles. The van der Waals surface area contributed by atoms with Crippen molar-refractivity contribution in [3.8, 4) is 0 Å². The molecule has 0 saturated carbocycles. The molecule has 0 aliphatic heterocycles. The summed E-state index contributed by atoms with van der Waals surface area (Å²) in [6, 6.07) is 15.1. The third-order valence-corrected chi connectivity index (χ3v) is 3.07. The molecule has 0 fully saturated rings. The summed E-state index contributed by atoms with van der Waals surface area (Å²) < 4.78 is 0. The first-order valence-electron chi connectivity index (χ1n) is 6.47. The van der Waals surface area contributed by atoms with Crippen molar-refractivity contribution < 1.29 is 4.79 Å². The lowest BCUT2D eigenvalue weighted by atomic mass is 10.1. The van der Waals surface area contributed by atoms with Crippen LogP contribution in [0.25, 0.3) is 0 Å². The van der Waals surface area contributed by atoms with Gasteiger partial charge in [-0.2, -0.15) is 0 Å². The number of rotatable bonds is 4. The van der Waals surface area contributed by atoms with E-state index >= 15 is 0 Å². The fourth-order valence-electron chi connectivity index (χ4n) is 2.03. The molecular weight excluding hydrogens is 250 g/mol. The first-order chi connectivity index (χ1) is 9.58. The van der Waals surface area contributed by atoms with Crippen molar-refractivity contribution in [2.24, 2.45) is 0 Å². The van der Waals surface area contributed by atoms with Crippen LogP contribution < -0.4 is 16.0 Å². The molecule has 2 rings (SSSR count). The van der Waals surface area contributed by atoms with Gasteiger partial charge in [0.25, 0.3) is 0 Å². The number of nitrogens with zero attached hydrogens (tertiary/aromatic N) is 1. The molecule has 0 saturated heterocycles. The Morgan fingerprint density at radius 2 is 1.75 bits per heavy atom. The average molecular weight is 269 g/mol. The Morgan fingerprint density at radius 3 is 2.45 bits per heavy atom. The highest BCUT2D eigenvalue weighted by molar-refractivity contribution is 5.96. The van der Waals surface area contributed by atoms with E-state index in [9.17, 15) is 4.79 Å². The summed E-state index contributed by atoms with van der Waals surface area (Å²) >= 11 is 0. The maximum absolute atomic E-state index is 12.1. The predicted octanol–water partition coefficient (Wildman–Crippen LogP) is 2.52. The second-order valence-corrected chi connectivity index (χ2v) is 4.84. The molecule has 0 aliphatic carbocycles. The first-order valence-corrected chi connectivity index (χ1v) is 6.47. The number of benzene rings is 2. The van der Waals surface area contributed by atoms with E-state index in [2.05, 4.69) is 5.32 Å². The summed E-state index contributed by atoms with van der Waals surface area (Å²) in [7, 11) is 3.89. The van der Waals surface area contributed by atoms with Gasteiger partial charge in [-0.05, 0) is 23.8 Å². The largest absolute Gasteiger partial charge is 0.398 e. The van der Waals surface area contributed by atoms with E-state index in [-0.39, 0.29) is 12.3 Å². The Morgan fingerprint density at radius 1 is 1.10 bits per heavy atom. The number of nitrogens with two attached hydrogens (primary N) is 1. The number of anilines is 3. The highest BCUT2D eigenvalue weighted by atomic mass is 16.1.